The summed E-state index contributed by atoms with van der Waals surface area (Å²) in [6.07, 6.45) is 4.05. The van der Waals surface area contributed by atoms with Crippen LogP contribution in [0.1, 0.15) is 12.5 Å². The summed E-state index contributed by atoms with van der Waals surface area (Å²) in [5.41, 5.74) is 6.85. The van der Waals surface area contributed by atoms with Crippen LogP contribution in [0.4, 0.5) is 5.82 Å². The summed E-state index contributed by atoms with van der Waals surface area (Å²) in [5.74, 6) is 1.37. The molecule has 0 aliphatic carbocycles. The Kier molecular flexibility index (Phi) is 3.00. The van der Waals surface area contributed by atoms with Crippen molar-refractivity contribution in [3.63, 3.8) is 0 Å². The number of nitrogen functional groups attached to an aromatic ring is 1. The molecular weight excluding hydrogens is 202 g/mol. The highest BCUT2D eigenvalue weighted by Crippen LogP contribution is 2.23. The summed E-state index contributed by atoms with van der Waals surface area (Å²) in [6.45, 7) is 2.09. The second kappa shape index (κ2) is 4.61. The van der Waals surface area contributed by atoms with Crippen LogP contribution < -0.4 is 10.5 Å². The SMILES string of the molecule is CCc1cccc(Oc2nccnc2N)c1. The molecule has 0 aliphatic rings. The zero-order chi connectivity index (χ0) is 11.4. The minimum absolute atomic E-state index is 0.296. The summed E-state index contributed by atoms with van der Waals surface area (Å²) in [7, 11) is 0. The average molecular weight is 215 g/mol. The smallest absolute Gasteiger partial charge is 0.262 e. The standard InChI is InChI=1S/C12H13N3O/c1-2-9-4-3-5-10(8-9)16-12-11(13)14-6-7-15-12/h3-8H,2H2,1H3,(H2,13,14). The van der Waals surface area contributed by atoms with Crippen molar-refractivity contribution in [1.29, 1.82) is 0 Å². The van der Waals surface area contributed by atoms with Crippen molar-refractivity contribution in [2.45, 2.75) is 13.3 Å². The molecule has 4 nitrogen and oxygen atoms in total. The summed E-state index contributed by atoms with van der Waals surface area (Å²) in [5, 5.41) is 0. The molecular formula is C12H13N3O. The molecule has 1 aromatic carbocycles. The van der Waals surface area contributed by atoms with Gasteiger partial charge in [-0.1, -0.05) is 19.1 Å². The molecule has 0 unspecified atom stereocenters. The zero-order valence-corrected chi connectivity index (χ0v) is 9.05. The highest BCUT2D eigenvalue weighted by molar-refractivity contribution is 5.42. The van der Waals surface area contributed by atoms with Crippen LogP contribution in [0.15, 0.2) is 36.7 Å². The molecule has 2 aromatic rings. The third kappa shape index (κ3) is 2.28. The fraction of sp³-hybridized carbons (Fsp3) is 0.167. The van der Waals surface area contributed by atoms with Crippen LogP contribution in [0.3, 0.4) is 0 Å². The van der Waals surface area contributed by atoms with E-state index in [0.29, 0.717) is 11.7 Å². The first-order valence-electron chi connectivity index (χ1n) is 5.13. The number of aromatic nitrogens is 2. The summed E-state index contributed by atoms with van der Waals surface area (Å²) < 4.78 is 5.55. The van der Waals surface area contributed by atoms with Gasteiger partial charge in [-0.15, -0.1) is 0 Å². The first kappa shape index (κ1) is 10.4. The number of aryl methyl sites for hydroxylation is 1. The monoisotopic (exact) mass is 215 g/mol. The summed E-state index contributed by atoms with van der Waals surface area (Å²) in [4.78, 5) is 7.93. The zero-order valence-electron chi connectivity index (χ0n) is 9.05. The molecule has 1 aromatic heterocycles. The highest BCUT2D eigenvalue weighted by Gasteiger charge is 2.03. The van der Waals surface area contributed by atoms with Gasteiger partial charge in [-0.25, -0.2) is 9.97 Å². The minimum Gasteiger partial charge on any atom is -0.436 e. The molecule has 0 amide bonds. The number of benzene rings is 1. The van der Waals surface area contributed by atoms with E-state index >= 15 is 0 Å². The van der Waals surface area contributed by atoms with Crippen molar-refractivity contribution in [3.05, 3.63) is 42.2 Å². The van der Waals surface area contributed by atoms with E-state index in [4.69, 9.17) is 10.5 Å². The van der Waals surface area contributed by atoms with E-state index in [2.05, 4.69) is 16.9 Å². The molecule has 4 heteroatoms. The first-order valence-corrected chi connectivity index (χ1v) is 5.13. The molecule has 16 heavy (non-hydrogen) atoms. The molecule has 0 saturated heterocycles. The Labute approximate surface area is 94.1 Å². The van der Waals surface area contributed by atoms with Gasteiger partial charge >= 0.3 is 0 Å². The summed E-state index contributed by atoms with van der Waals surface area (Å²) in [6, 6.07) is 7.83. The van der Waals surface area contributed by atoms with Gasteiger partial charge in [0.25, 0.3) is 5.88 Å². The van der Waals surface area contributed by atoms with Gasteiger partial charge in [0.1, 0.15) is 5.75 Å². The molecule has 2 N–H and O–H groups in total. The van der Waals surface area contributed by atoms with E-state index in [9.17, 15) is 0 Å². The van der Waals surface area contributed by atoms with Crippen LogP contribution in [-0.4, -0.2) is 9.97 Å². The lowest BCUT2D eigenvalue weighted by Gasteiger charge is -2.06. The Balaban J connectivity index is 2.24. The molecule has 0 radical (unpaired) electrons. The molecule has 82 valence electrons. The Morgan fingerprint density at radius 1 is 1.25 bits per heavy atom. The number of hydrogen-bond donors (Lipinski definition) is 1. The Morgan fingerprint density at radius 3 is 2.81 bits per heavy atom. The molecule has 2 rings (SSSR count). The van der Waals surface area contributed by atoms with Gasteiger partial charge in [0, 0.05) is 12.4 Å². The Bertz CT molecular complexity index is 485. The summed E-state index contributed by atoms with van der Waals surface area (Å²) >= 11 is 0. The normalized spacial score (nSPS) is 10.1. The van der Waals surface area contributed by atoms with Crippen LogP contribution in [0, 0.1) is 0 Å². The van der Waals surface area contributed by atoms with E-state index in [1.54, 1.807) is 6.20 Å². The third-order valence-electron chi connectivity index (χ3n) is 2.21. The third-order valence-corrected chi connectivity index (χ3v) is 2.21. The van der Waals surface area contributed by atoms with Gasteiger partial charge in [0.15, 0.2) is 5.82 Å². The fourth-order valence-electron chi connectivity index (χ4n) is 1.36. The van der Waals surface area contributed by atoms with Crippen molar-refractivity contribution in [2.75, 3.05) is 5.73 Å². The number of anilines is 1. The number of hydrogen-bond acceptors (Lipinski definition) is 4. The van der Waals surface area contributed by atoms with Crippen LogP contribution in [0.25, 0.3) is 0 Å². The molecule has 0 spiro atoms. The predicted octanol–water partition coefficient (Wildman–Crippen LogP) is 2.41. The predicted molar refractivity (Wildman–Crippen MR) is 62.3 cm³/mol. The van der Waals surface area contributed by atoms with E-state index in [1.165, 1.54) is 11.8 Å². The largest absolute Gasteiger partial charge is 0.436 e. The quantitative estimate of drug-likeness (QED) is 0.854. The molecule has 0 atom stereocenters. The van der Waals surface area contributed by atoms with Crippen molar-refractivity contribution in [1.82, 2.24) is 9.97 Å². The van der Waals surface area contributed by atoms with Crippen molar-refractivity contribution < 1.29 is 4.74 Å². The second-order valence-electron chi connectivity index (χ2n) is 3.35. The van der Waals surface area contributed by atoms with Crippen molar-refractivity contribution >= 4 is 5.82 Å². The number of ether oxygens (including phenoxy) is 1. The maximum atomic E-state index is 5.64. The average Bonchev–Trinajstić information content (AvgIpc) is 2.32. The number of nitrogens with zero attached hydrogens (tertiary/aromatic N) is 2. The van der Waals surface area contributed by atoms with Gasteiger partial charge in [0.05, 0.1) is 0 Å². The van der Waals surface area contributed by atoms with E-state index < -0.39 is 0 Å². The lowest BCUT2D eigenvalue weighted by molar-refractivity contribution is 0.462. The van der Waals surface area contributed by atoms with Gasteiger partial charge in [0.2, 0.25) is 0 Å². The van der Waals surface area contributed by atoms with Crippen LogP contribution in [-0.2, 0) is 6.42 Å². The molecule has 0 fully saturated rings. The fourth-order valence-corrected chi connectivity index (χ4v) is 1.36. The topological polar surface area (TPSA) is 61.0 Å². The van der Waals surface area contributed by atoms with E-state index in [1.807, 2.05) is 24.3 Å². The van der Waals surface area contributed by atoms with Crippen molar-refractivity contribution in [2.24, 2.45) is 0 Å². The highest BCUT2D eigenvalue weighted by atomic mass is 16.5. The van der Waals surface area contributed by atoms with Gasteiger partial charge in [-0.3, -0.25) is 0 Å². The van der Waals surface area contributed by atoms with Crippen LogP contribution >= 0.6 is 0 Å². The van der Waals surface area contributed by atoms with E-state index in [-0.39, 0.29) is 0 Å². The molecule has 0 bridgehead atoms. The van der Waals surface area contributed by atoms with Gasteiger partial charge in [-0.2, -0.15) is 0 Å². The van der Waals surface area contributed by atoms with E-state index in [0.717, 1.165) is 12.2 Å². The number of rotatable bonds is 3. The second-order valence-corrected chi connectivity index (χ2v) is 3.35. The lowest BCUT2D eigenvalue weighted by atomic mass is 10.2. The minimum atomic E-state index is 0.296. The van der Waals surface area contributed by atoms with Gasteiger partial charge < -0.3 is 10.5 Å². The van der Waals surface area contributed by atoms with Crippen LogP contribution in [0.5, 0.6) is 11.6 Å². The number of nitrogens with two attached hydrogens (primary N) is 1. The maximum Gasteiger partial charge on any atom is 0.262 e. The first-order chi connectivity index (χ1) is 7.79. The van der Waals surface area contributed by atoms with Crippen molar-refractivity contribution in [3.8, 4) is 11.6 Å². The molecule has 0 saturated carbocycles. The molecule has 1 heterocycles. The van der Waals surface area contributed by atoms with Gasteiger partial charge in [-0.05, 0) is 24.1 Å². The Morgan fingerprint density at radius 2 is 2.06 bits per heavy atom. The maximum absolute atomic E-state index is 5.64. The van der Waals surface area contributed by atoms with Crippen LogP contribution in [0.2, 0.25) is 0 Å². The lowest BCUT2D eigenvalue weighted by Crippen LogP contribution is -1.97. The molecule has 0 aliphatic heterocycles. The Hall–Kier alpha value is -2.10.